The van der Waals surface area contributed by atoms with Gasteiger partial charge >= 0.3 is 0 Å². The quantitative estimate of drug-likeness (QED) is 0.901. The molecule has 0 aromatic heterocycles. The lowest BCUT2D eigenvalue weighted by Crippen LogP contribution is -2.23. The van der Waals surface area contributed by atoms with Gasteiger partial charge in [-0.05, 0) is 29.3 Å². The summed E-state index contributed by atoms with van der Waals surface area (Å²) in [5.41, 5.74) is 7.50. The van der Waals surface area contributed by atoms with E-state index in [0.29, 0.717) is 17.6 Å². The Kier molecular flexibility index (Phi) is 4.87. The first-order valence-electron chi connectivity index (χ1n) is 6.11. The number of rotatable bonds is 4. The van der Waals surface area contributed by atoms with Gasteiger partial charge in [0.25, 0.3) is 5.91 Å². The summed E-state index contributed by atoms with van der Waals surface area (Å²) in [6.07, 6.45) is 0. The van der Waals surface area contributed by atoms with Crippen LogP contribution in [0.3, 0.4) is 0 Å². The molecule has 0 spiro atoms. The standard InChI is InChI=1S/C15H14BrFN2O/c16-12-5-6-14(17)13(7-12)15(20)19-9-11-3-1-10(8-18)2-4-11/h1-7H,8-9,18H2,(H,19,20). The second kappa shape index (κ2) is 6.63. The Morgan fingerprint density at radius 3 is 2.45 bits per heavy atom. The van der Waals surface area contributed by atoms with E-state index in [0.717, 1.165) is 11.1 Å². The Morgan fingerprint density at radius 1 is 1.15 bits per heavy atom. The first kappa shape index (κ1) is 14.7. The third-order valence-electron chi connectivity index (χ3n) is 2.88. The molecule has 0 atom stereocenters. The lowest BCUT2D eigenvalue weighted by molar-refractivity contribution is 0.0947. The summed E-state index contributed by atoms with van der Waals surface area (Å²) >= 11 is 3.22. The normalized spacial score (nSPS) is 10.3. The fraction of sp³-hybridized carbons (Fsp3) is 0.133. The number of nitrogens with two attached hydrogens (primary N) is 1. The molecule has 0 radical (unpaired) electrons. The highest BCUT2D eigenvalue weighted by molar-refractivity contribution is 9.10. The Bertz CT molecular complexity index is 614. The fourth-order valence-electron chi connectivity index (χ4n) is 1.74. The third kappa shape index (κ3) is 3.65. The van der Waals surface area contributed by atoms with E-state index in [-0.39, 0.29) is 5.56 Å². The number of carbonyl (C=O) groups excluding carboxylic acids is 1. The van der Waals surface area contributed by atoms with Crippen LogP contribution in [-0.4, -0.2) is 5.91 Å². The lowest BCUT2D eigenvalue weighted by Gasteiger charge is -2.07. The smallest absolute Gasteiger partial charge is 0.254 e. The second-order valence-corrected chi connectivity index (χ2v) is 5.24. The summed E-state index contributed by atoms with van der Waals surface area (Å²) in [5.74, 6) is -0.976. The second-order valence-electron chi connectivity index (χ2n) is 4.33. The maximum atomic E-state index is 13.5. The first-order chi connectivity index (χ1) is 9.60. The number of benzene rings is 2. The molecule has 0 fully saturated rings. The average molecular weight is 337 g/mol. The van der Waals surface area contributed by atoms with Crippen molar-refractivity contribution in [3.63, 3.8) is 0 Å². The van der Waals surface area contributed by atoms with E-state index in [1.807, 2.05) is 24.3 Å². The Morgan fingerprint density at radius 2 is 1.80 bits per heavy atom. The molecule has 1 amide bonds. The van der Waals surface area contributed by atoms with Crippen LogP contribution in [0.25, 0.3) is 0 Å². The number of nitrogens with one attached hydrogen (secondary N) is 1. The van der Waals surface area contributed by atoms with Gasteiger partial charge in [0.05, 0.1) is 5.56 Å². The van der Waals surface area contributed by atoms with Gasteiger partial charge in [-0.3, -0.25) is 4.79 Å². The van der Waals surface area contributed by atoms with Crippen molar-refractivity contribution in [1.29, 1.82) is 0 Å². The largest absolute Gasteiger partial charge is 0.348 e. The molecule has 0 aliphatic carbocycles. The van der Waals surface area contributed by atoms with Crippen LogP contribution in [-0.2, 0) is 13.1 Å². The van der Waals surface area contributed by atoms with Crippen LogP contribution in [0.15, 0.2) is 46.9 Å². The number of carbonyl (C=O) groups is 1. The van der Waals surface area contributed by atoms with Gasteiger partial charge in [0.1, 0.15) is 5.82 Å². The average Bonchev–Trinajstić information content (AvgIpc) is 2.47. The zero-order valence-corrected chi connectivity index (χ0v) is 12.3. The number of amides is 1. The molecule has 2 rings (SSSR count). The highest BCUT2D eigenvalue weighted by atomic mass is 79.9. The highest BCUT2D eigenvalue weighted by Crippen LogP contribution is 2.15. The van der Waals surface area contributed by atoms with Gasteiger partial charge in [-0.2, -0.15) is 0 Å². The van der Waals surface area contributed by atoms with E-state index in [9.17, 15) is 9.18 Å². The van der Waals surface area contributed by atoms with Crippen LogP contribution in [0.1, 0.15) is 21.5 Å². The Labute approximate surface area is 125 Å². The van der Waals surface area contributed by atoms with E-state index >= 15 is 0 Å². The summed E-state index contributed by atoms with van der Waals surface area (Å²) in [4.78, 5) is 11.9. The topological polar surface area (TPSA) is 55.1 Å². The van der Waals surface area contributed by atoms with E-state index in [1.165, 1.54) is 12.1 Å². The molecule has 3 nitrogen and oxygen atoms in total. The van der Waals surface area contributed by atoms with Crippen molar-refractivity contribution in [3.05, 3.63) is 69.4 Å². The molecule has 5 heteroatoms. The zero-order valence-electron chi connectivity index (χ0n) is 10.7. The van der Waals surface area contributed by atoms with Crippen LogP contribution >= 0.6 is 15.9 Å². The van der Waals surface area contributed by atoms with Gasteiger partial charge in [-0.15, -0.1) is 0 Å². The van der Waals surface area contributed by atoms with Gasteiger partial charge in [-0.1, -0.05) is 40.2 Å². The molecule has 2 aromatic rings. The Hall–Kier alpha value is -1.72. The molecule has 20 heavy (non-hydrogen) atoms. The number of hydrogen-bond donors (Lipinski definition) is 2. The summed E-state index contributed by atoms with van der Waals surface area (Å²) in [6.45, 7) is 0.825. The summed E-state index contributed by atoms with van der Waals surface area (Å²) in [6, 6.07) is 11.9. The minimum Gasteiger partial charge on any atom is -0.348 e. The van der Waals surface area contributed by atoms with Crippen molar-refractivity contribution in [2.24, 2.45) is 5.73 Å². The van der Waals surface area contributed by atoms with E-state index < -0.39 is 11.7 Å². The Balaban J connectivity index is 2.02. The SMILES string of the molecule is NCc1ccc(CNC(=O)c2cc(Br)ccc2F)cc1. The third-order valence-corrected chi connectivity index (χ3v) is 3.38. The molecule has 0 bridgehead atoms. The van der Waals surface area contributed by atoms with Crippen LogP contribution in [0, 0.1) is 5.82 Å². The van der Waals surface area contributed by atoms with Crippen molar-refractivity contribution in [3.8, 4) is 0 Å². The predicted molar refractivity (Wildman–Crippen MR) is 79.6 cm³/mol. The van der Waals surface area contributed by atoms with Gasteiger partial charge in [0, 0.05) is 17.6 Å². The van der Waals surface area contributed by atoms with Gasteiger partial charge < -0.3 is 11.1 Å². The predicted octanol–water partition coefficient (Wildman–Crippen LogP) is 2.98. The number of halogens is 2. The minimum absolute atomic E-state index is 0.0259. The molecule has 0 heterocycles. The molecule has 3 N–H and O–H groups in total. The minimum atomic E-state index is -0.538. The van der Waals surface area contributed by atoms with E-state index in [4.69, 9.17) is 5.73 Å². The van der Waals surface area contributed by atoms with Crippen LogP contribution in [0.5, 0.6) is 0 Å². The molecular formula is C15H14BrFN2O. The van der Waals surface area contributed by atoms with Crippen molar-refractivity contribution in [1.82, 2.24) is 5.32 Å². The van der Waals surface area contributed by atoms with Crippen molar-refractivity contribution in [2.75, 3.05) is 0 Å². The van der Waals surface area contributed by atoms with Gasteiger partial charge in [-0.25, -0.2) is 4.39 Å². The molecule has 0 unspecified atom stereocenters. The van der Waals surface area contributed by atoms with Crippen LogP contribution < -0.4 is 11.1 Å². The van der Waals surface area contributed by atoms with Crippen LogP contribution in [0.4, 0.5) is 4.39 Å². The monoisotopic (exact) mass is 336 g/mol. The molecule has 0 saturated carbocycles. The first-order valence-corrected chi connectivity index (χ1v) is 6.90. The molecule has 0 aliphatic rings. The zero-order chi connectivity index (χ0) is 14.5. The van der Waals surface area contributed by atoms with E-state index in [2.05, 4.69) is 21.2 Å². The summed E-state index contributed by atoms with van der Waals surface area (Å²) in [5, 5.41) is 2.69. The van der Waals surface area contributed by atoms with Crippen molar-refractivity contribution >= 4 is 21.8 Å². The molecule has 2 aromatic carbocycles. The van der Waals surface area contributed by atoms with Gasteiger partial charge in [0.2, 0.25) is 0 Å². The fourth-order valence-corrected chi connectivity index (χ4v) is 2.10. The lowest BCUT2D eigenvalue weighted by atomic mass is 10.1. The van der Waals surface area contributed by atoms with Gasteiger partial charge in [0.15, 0.2) is 0 Å². The maximum absolute atomic E-state index is 13.5. The van der Waals surface area contributed by atoms with Crippen molar-refractivity contribution < 1.29 is 9.18 Å². The molecular weight excluding hydrogens is 323 g/mol. The number of hydrogen-bond acceptors (Lipinski definition) is 2. The summed E-state index contributed by atoms with van der Waals surface area (Å²) < 4.78 is 14.2. The molecule has 104 valence electrons. The molecule has 0 aliphatic heterocycles. The molecule has 0 saturated heterocycles. The summed E-state index contributed by atoms with van der Waals surface area (Å²) in [7, 11) is 0. The van der Waals surface area contributed by atoms with Crippen LogP contribution in [0.2, 0.25) is 0 Å². The van der Waals surface area contributed by atoms with Crippen molar-refractivity contribution in [2.45, 2.75) is 13.1 Å². The maximum Gasteiger partial charge on any atom is 0.254 e. The van der Waals surface area contributed by atoms with E-state index in [1.54, 1.807) is 6.07 Å². The highest BCUT2D eigenvalue weighted by Gasteiger charge is 2.11.